The summed E-state index contributed by atoms with van der Waals surface area (Å²) < 4.78 is 2.10. The molecule has 0 spiro atoms. The first-order valence-corrected chi connectivity index (χ1v) is 5.42. The number of pyridine rings is 1. The maximum atomic E-state index is 4.36. The molecule has 0 amide bonds. The van der Waals surface area contributed by atoms with E-state index < -0.39 is 0 Å². The summed E-state index contributed by atoms with van der Waals surface area (Å²) in [7, 11) is 1.95. The molecule has 0 aromatic carbocycles. The molecule has 0 radical (unpaired) electrons. The largest absolute Gasteiger partial charge is 0.333 e. The lowest BCUT2D eigenvalue weighted by molar-refractivity contribution is 0.773. The second kappa shape index (κ2) is 5.42. The Morgan fingerprint density at radius 1 is 1.31 bits per heavy atom. The van der Waals surface area contributed by atoms with Crippen LogP contribution in [0.1, 0.15) is 11.3 Å². The summed E-state index contributed by atoms with van der Waals surface area (Å²) in [5, 5.41) is 3.12. The first kappa shape index (κ1) is 10.8. The number of aromatic nitrogens is 3. The van der Waals surface area contributed by atoms with Gasteiger partial charge < -0.3 is 9.88 Å². The van der Waals surface area contributed by atoms with Gasteiger partial charge >= 0.3 is 0 Å². The van der Waals surface area contributed by atoms with Gasteiger partial charge in [-0.15, -0.1) is 0 Å². The van der Waals surface area contributed by atoms with E-state index in [0.717, 1.165) is 25.2 Å². The molecule has 0 aliphatic rings. The number of likely N-dealkylation sites (N-methyl/N-ethyl adjacent to an activating group) is 1. The van der Waals surface area contributed by atoms with Crippen LogP contribution in [0.3, 0.4) is 0 Å². The highest BCUT2D eigenvalue weighted by Crippen LogP contribution is 2.03. The molecule has 0 aliphatic heterocycles. The van der Waals surface area contributed by atoms with Crippen molar-refractivity contribution in [1.29, 1.82) is 0 Å². The Morgan fingerprint density at radius 2 is 2.12 bits per heavy atom. The highest BCUT2D eigenvalue weighted by atomic mass is 15.0. The maximum absolute atomic E-state index is 4.36. The van der Waals surface area contributed by atoms with Gasteiger partial charge in [0.15, 0.2) is 0 Å². The van der Waals surface area contributed by atoms with E-state index in [4.69, 9.17) is 0 Å². The molecule has 0 unspecified atom stereocenters. The standard InChI is InChI=1S/C12H16N4/c1-13-5-4-12-9-16(10-15-12)8-11-2-6-14-7-3-11/h2-3,6-7,9-10,13H,4-5,8H2,1H3. The van der Waals surface area contributed by atoms with Gasteiger partial charge in [0.25, 0.3) is 0 Å². The lowest BCUT2D eigenvalue weighted by atomic mass is 10.3. The quantitative estimate of drug-likeness (QED) is 0.813. The normalized spacial score (nSPS) is 10.6. The van der Waals surface area contributed by atoms with Crippen LogP contribution in [-0.4, -0.2) is 28.1 Å². The monoisotopic (exact) mass is 216 g/mol. The van der Waals surface area contributed by atoms with Crippen molar-refractivity contribution >= 4 is 0 Å². The van der Waals surface area contributed by atoms with Gasteiger partial charge in [0.2, 0.25) is 0 Å². The summed E-state index contributed by atoms with van der Waals surface area (Å²) in [6.07, 6.45) is 8.57. The van der Waals surface area contributed by atoms with Crippen molar-refractivity contribution in [3.8, 4) is 0 Å². The molecule has 4 nitrogen and oxygen atoms in total. The summed E-state index contributed by atoms with van der Waals surface area (Å²) in [5.74, 6) is 0. The Labute approximate surface area is 95.4 Å². The fraction of sp³-hybridized carbons (Fsp3) is 0.333. The van der Waals surface area contributed by atoms with Crippen LogP contribution in [0.15, 0.2) is 37.1 Å². The van der Waals surface area contributed by atoms with Crippen LogP contribution in [0, 0.1) is 0 Å². The average Bonchev–Trinajstić information content (AvgIpc) is 2.75. The SMILES string of the molecule is CNCCc1cn(Cc2ccncc2)cn1. The molecule has 84 valence electrons. The Balaban J connectivity index is 1.97. The third-order valence-corrected chi connectivity index (χ3v) is 2.43. The second-order valence-corrected chi connectivity index (χ2v) is 3.75. The van der Waals surface area contributed by atoms with Gasteiger partial charge in [0.05, 0.1) is 12.0 Å². The number of hydrogen-bond donors (Lipinski definition) is 1. The maximum Gasteiger partial charge on any atom is 0.0952 e. The van der Waals surface area contributed by atoms with E-state index >= 15 is 0 Å². The first-order chi connectivity index (χ1) is 7.88. The van der Waals surface area contributed by atoms with E-state index in [-0.39, 0.29) is 0 Å². The minimum absolute atomic E-state index is 0.856. The predicted octanol–water partition coefficient (Wildman–Crippen LogP) is 1.09. The summed E-state index contributed by atoms with van der Waals surface area (Å²) in [4.78, 5) is 8.36. The van der Waals surface area contributed by atoms with Crippen LogP contribution in [0.25, 0.3) is 0 Å². The molecule has 2 aromatic rings. The third-order valence-electron chi connectivity index (χ3n) is 2.43. The Bertz CT molecular complexity index is 422. The van der Waals surface area contributed by atoms with Gasteiger partial charge in [-0.25, -0.2) is 4.98 Å². The fourth-order valence-electron chi connectivity index (χ4n) is 1.57. The Hall–Kier alpha value is -1.68. The zero-order valence-electron chi connectivity index (χ0n) is 9.43. The number of rotatable bonds is 5. The van der Waals surface area contributed by atoms with Crippen LogP contribution in [0.5, 0.6) is 0 Å². The molecule has 2 heterocycles. The average molecular weight is 216 g/mol. The van der Waals surface area contributed by atoms with Crippen molar-refractivity contribution in [2.75, 3.05) is 13.6 Å². The van der Waals surface area contributed by atoms with Gasteiger partial charge in [-0.1, -0.05) is 0 Å². The van der Waals surface area contributed by atoms with Crippen LogP contribution in [-0.2, 0) is 13.0 Å². The third kappa shape index (κ3) is 2.90. The molecule has 0 fully saturated rings. The highest BCUT2D eigenvalue weighted by Gasteiger charge is 1.99. The molecule has 0 bridgehead atoms. The minimum Gasteiger partial charge on any atom is -0.333 e. The topological polar surface area (TPSA) is 42.7 Å². The predicted molar refractivity (Wildman–Crippen MR) is 63.2 cm³/mol. The lowest BCUT2D eigenvalue weighted by Gasteiger charge is -2.00. The van der Waals surface area contributed by atoms with E-state index in [9.17, 15) is 0 Å². The van der Waals surface area contributed by atoms with Gasteiger partial charge in [-0.2, -0.15) is 0 Å². The second-order valence-electron chi connectivity index (χ2n) is 3.75. The van der Waals surface area contributed by atoms with Crippen molar-refractivity contribution in [1.82, 2.24) is 19.9 Å². The van der Waals surface area contributed by atoms with Crippen molar-refractivity contribution in [2.45, 2.75) is 13.0 Å². The fourth-order valence-corrected chi connectivity index (χ4v) is 1.57. The Morgan fingerprint density at radius 3 is 2.88 bits per heavy atom. The molecule has 0 saturated carbocycles. The molecular weight excluding hydrogens is 200 g/mol. The smallest absolute Gasteiger partial charge is 0.0952 e. The highest BCUT2D eigenvalue weighted by molar-refractivity contribution is 5.11. The number of imidazole rings is 1. The van der Waals surface area contributed by atoms with Crippen LogP contribution in [0.4, 0.5) is 0 Å². The van der Waals surface area contributed by atoms with Crippen LogP contribution < -0.4 is 5.32 Å². The first-order valence-electron chi connectivity index (χ1n) is 5.42. The molecular formula is C12H16N4. The zero-order valence-corrected chi connectivity index (χ0v) is 9.43. The molecule has 0 atom stereocenters. The van der Waals surface area contributed by atoms with Crippen molar-refractivity contribution in [3.63, 3.8) is 0 Å². The molecule has 0 aliphatic carbocycles. The molecule has 16 heavy (non-hydrogen) atoms. The summed E-state index contributed by atoms with van der Waals surface area (Å²) in [5.41, 5.74) is 2.37. The van der Waals surface area contributed by atoms with Crippen molar-refractivity contribution < 1.29 is 0 Å². The van der Waals surface area contributed by atoms with Gasteiger partial charge in [-0.3, -0.25) is 4.98 Å². The molecule has 0 saturated heterocycles. The van der Waals surface area contributed by atoms with E-state index in [1.807, 2.05) is 37.9 Å². The molecule has 4 heteroatoms. The van der Waals surface area contributed by atoms with Gasteiger partial charge in [0, 0.05) is 38.1 Å². The van der Waals surface area contributed by atoms with Crippen molar-refractivity contribution in [3.05, 3.63) is 48.3 Å². The van der Waals surface area contributed by atoms with Gasteiger partial charge in [-0.05, 0) is 24.7 Å². The number of nitrogens with one attached hydrogen (secondary N) is 1. The van der Waals surface area contributed by atoms with Crippen LogP contribution >= 0.6 is 0 Å². The molecule has 2 rings (SSSR count). The molecule has 1 N–H and O–H groups in total. The van der Waals surface area contributed by atoms with E-state index in [2.05, 4.69) is 26.0 Å². The Kier molecular flexibility index (Phi) is 3.66. The van der Waals surface area contributed by atoms with Crippen LogP contribution in [0.2, 0.25) is 0 Å². The van der Waals surface area contributed by atoms with Gasteiger partial charge in [0.1, 0.15) is 0 Å². The zero-order chi connectivity index (χ0) is 11.2. The van der Waals surface area contributed by atoms with Crippen molar-refractivity contribution in [2.24, 2.45) is 0 Å². The summed E-state index contributed by atoms with van der Waals surface area (Å²) >= 11 is 0. The lowest BCUT2D eigenvalue weighted by Crippen LogP contribution is -2.10. The molecule has 2 aromatic heterocycles. The van der Waals surface area contributed by atoms with E-state index in [0.29, 0.717) is 0 Å². The summed E-state index contributed by atoms with van der Waals surface area (Å²) in [6.45, 7) is 1.82. The van der Waals surface area contributed by atoms with E-state index in [1.165, 1.54) is 5.56 Å². The minimum atomic E-state index is 0.856. The number of hydrogen-bond acceptors (Lipinski definition) is 3. The number of nitrogens with zero attached hydrogens (tertiary/aromatic N) is 3. The van der Waals surface area contributed by atoms with E-state index in [1.54, 1.807) is 0 Å². The summed E-state index contributed by atoms with van der Waals surface area (Å²) in [6, 6.07) is 4.04.